The maximum atomic E-state index is 12.0. The molecular formula is C17H22N4O5. The average Bonchev–Trinajstić information content (AvgIpc) is 2.64. The van der Waals surface area contributed by atoms with E-state index in [4.69, 9.17) is 19.3 Å². The second-order valence-corrected chi connectivity index (χ2v) is 5.27. The first-order valence-corrected chi connectivity index (χ1v) is 7.83. The topological polar surface area (TPSA) is 118 Å². The van der Waals surface area contributed by atoms with Crippen LogP contribution in [0.15, 0.2) is 22.0 Å². The molecule has 0 atom stereocenters. The monoisotopic (exact) mass is 362 g/mol. The van der Waals surface area contributed by atoms with Gasteiger partial charge in [0.2, 0.25) is 5.95 Å². The van der Waals surface area contributed by atoms with Crippen molar-refractivity contribution in [1.82, 2.24) is 9.97 Å². The van der Waals surface area contributed by atoms with Crippen molar-refractivity contribution in [3.63, 3.8) is 0 Å². The lowest BCUT2D eigenvalue weighted by Gasteiger charge is -2.11. The van der Waals surface area contributed by atoms with Crippen molar-refractivity contribution in [3.8, 4) is 17.2 Å². The van der Waals surface area contributed by atoms with Crippen LogP contribution in [0, 0.1) is 6.92 Å². The highest BCUT2D eigenvalue weighted by Crippen LogP contribution is 2.33. The number of nitrogens with one attached hydrogen (secondary N) is 2. The summed E-state index contributed by atoms with van der Waals surface area (Å²) >= 11 is 0. The van der Waals surface area contributed by atoms with Gasteiger partial charge in [0.1, 0.15) is 5.75 Å². The number of nitrogens with zero attached hydrogens (tertiary/aromatic N) is 2. The normalized spacial score (nSPS) is 10.8. The predicted octanol–water partition coefficient (Wildman–Crippen LogP) is 1.08. The van der Waals surface area contributed by atoms with Crippen LogP contribution < -0.4 is 25.2 Å². The Hall–Kier alpha value is -3.07. The molecule has 0 radical (unpaired) electrons. The van der Waals surface area contributed by atoms with E-state index in [1.807, 2.05) is 0 Å². The van der Waals surface area contributed by atoms with Crippen molar-refractivity contribution in [1.29, 1.82) is 0 Å². The van der Waals surface area contributed by atoms with Gasteiger partial charge in [-0.3, -0.25) is 9.78 Å². The maximum Gasteiger partial charge on any atom is 0.255 e. The minimum Gasteiger partial charge on any atom is -0.496 e. The largest absolute Gasteiger partial charge is 0.496 e. The molecule has 0 bridgehead atoms. The number of aromatic amines is 1. The summed E-state index contributed by atoms with van der Waals surface area (Å²) < 4.78 is 15.8. The van der Waals surface area contributed by atoms with Crippen LogP contribution >= 0.6 is 0 Å². The lowest BCUT2D eigenvalue weighted by molar-refractivity contribution is 0.298. The number of aromatic nitrogens is 2. The van der Waals surface area contributed by atoms with Gasteiger partial charge < -0.3 is 19.3 Å². The van der Waals surface area contributed by atoms with Gasteiger partial charge in [0.15, 0.2) is 11.5 Å². The zero-order chi connectivity index (χ0) is 19.1. The highest BCUT2D eigenvalue weighted by molar-refractivity contribution is 5.85. The number of aryl methyl sites for hydroxylation is 1. The molecule has 1 aromatic heterocycles. The molecule has 3 N–H and O–H groups in total. The fraction of sp³-hybridized carbons (Fsp3) is 0.353. The standard InChI is InChI=1S/C17H22N4O5/c1-10-12(5-6-22)16(23)20-17(19-10)21-18-9-11-7-14(25-3)15(26-4)8-13(11)24-2/h7-9,22H,5-6H2,1-4H3,(H2,19,20,21,23)/b18-9-. The van der Waals surface area contributed by atoms with Crippen LogP contribution in [-0.4, -0.2) is 49.2 Å². The Morgan fingerprint density at radius 1 is 1.19 bits per heavy atom. The molecule has 9 nitrogen and oxygen atoms in total. The summed E-state index contributed by atoms with van der Waals surface area (Å²) in [6.07, 6.45) is 1.76. The summed E-state index contributed by atoms with van der Waals surface area (Å²) in [4.78, 5) is 18.8. The molecule has 140 valence electrons. The minimum atomic E-state index is -0.312. The Kier molecular flexibility index (Phi) is 6.56. The quantitative estimate of drug-likeness (QED) is 0.475. The fourth-order valence-corrected chi connectivity index (χ4v) is 2.39. The summed E-state index contributed by atoms with van der Waals surface area (Å²) in [5.74, 6) is 1.81. The molecule has 0 saturated heterocycles. The number of aliphatic hydroxyl groups is 1. The Labute approximate surface area is 150 Å². The van der Waals surface area contributed by atoms with Gasteiger partial charge in [-0.05, 0) is 13.0 Å². The fourth-order valence-electron chi connectivity index (χ4n) is 2.39. The third-order valence-electron chi connectivity index (χ3n) is 3.69. The number of hydrazone groups is 1. The molecule has 0 aliphatic rings. The van der Waals surface area contributed by atoms with Crippen LogP contribution in [0.3, 0.4) is 0 Å². The number of H-pyrrole nitrogens is 1. The van der Waals surface area contributed by atoms with Crippen LogP contribution in [0.5, 0.6) is 17.2 Å². The van der Waals surface area contributed by atoms with Crippen molar-refractivity contribution in [2.75, 3.05) is 33.4 Å². The van der Waals surface area contributed by atoms with Crippen LogP contribution in [0.25, 0.3) is 0 Å². The number of aliphatic hydroxyl groups excluding tert-OH is 1. The number of rotatable bonds is 8. The highest BCUT2D eigenvalue weighted by Gasteiger charge is 2.11. The van der Waals surface area contributed by atoms with E-state index in [9.17, 15) is 4.79 Å². The van der Waals surface area contributed by atoms with E-state index in [1.165, 1.54) is 27.5 Å². The molecule has 0 aliphatic carbocycles. The second-order valence-electron chi connectivity index (χ2n) is 5.27. The molecule has 0 unspecified atom stereocenters. The predicted molar refractivity (Wildman–Crippen MR) is 97.7 cm³/mol. The molecule has 2 aromatic rings. The number of anilines is 1. The van der Waals surface area contributed by atoms with Gasteiger partial charge in [-0.15, -0.1) is 0 Å². The molecule has 26 heavy (non-hydrogen) atoms. The van der Waals surface area contributed by atoms with E-state index in [0.29, 0.717) is 34.1 Å². The van der Waals surface area contributed by atoms with Crippen LogP contribution in [-0.2, 0) is 6.42 Å². The zero-order valence-corrected chi connectivity index (χ0v) is 15.1. The molecule has 0 saturated carbocycles. The Morgan fingerprint density at radius 2 is 1.85 bits per heavy atom. The summed E-state index contributed by atoms with van der Waals surface area (Å²) in [6, 6.07) is 3.41. The summed E-state index contributed by atoms with van der Waals surface area (Å²) in [6.45, 7) is 1.59. The van der Waals surface area contributed by atoms with E-state index in [2.05, 4.69) is 20.5 Å². The van der Waals surface area contributed by atoms with Crippen molar-refractivity contribution in [3.05, 3.63) is 39.3 Å². The van der Waals surface area contributed by atoms with E-state index in [0.717, 1.165) is 0 Å². The van der Waals surface area contributed by atoms with Crippen LogP contribution in [0.2, 0.25) is 0 Å². The zero-order valence-electron chi connectivity index (χ0n) is 15.1. The molecule has 9 heteroatoms. The minimum absolute atomic E-state index is 0.115. The second kappa shape index (κ2) is 8.86. The van der Waals surface area contributed by atoms with E-state index >= 15 is 0 Å². The number of methoxy groups -OCH3 is 3. The van der Waals surface area contributed by atoms with Gasteiger partial charge >= 0.3 is 0 Å². The molecule has 1 aromatic carbocycles. The van der Waals surface area contributed by atoms with Crippen molar-refractivity contribution in [2.24, 2.45) is 5.10 Å². The summed E-state index contributed by atoms with van der Waals surface area (Å²) in [5, 5.41) is 13.1. The lowest BCUT2D eigenvalue weighted by atomic mass is 10.2. The van der Waals surface area contributed by atoms with Crippen molar-refractivity contribution in [2.45, 2.75) is 13.3 Å². The lowest BCUT2D eigenvalue weighted by Crippen LogP contribution is -2.19. The molecule has 0 amide bonds. The van der Waals surface area contributed by atoms with E-state index in [1.54, 1.807) is 19.1 Å². The molecular weight excluding hydrogens is 340 g/mol. The molecule has 0 aliphatic heterocycles. The molecule has 0 spiro atoms. The Bertz CT molecular complexity index is 848. The first-order chi connectivity index (χ1) is 12.5. The molecule has 1 heterocycles. The van der Waals surface area contributed by atoms with Crippen LogP contribution in [0.1, 0.15) is 16.8 Å². The maximum absolute atomic E-state index is 12.0. The average molecular weight is 362 g/mol. The SMILES string of the molecule is COc1cc(OC)c(OC)cc1/C=N\Nc1nc(C)c(CCO)c(=O)[nH]1. The smallest absolute Gasteiger partial charge is 0.255 e. The number of benzene rings is 1. The Morgan fingerprint density at radius 3 is 2.42 bits per heavy atom. The number of ether oxygens (including phenoxy) is 3. The third-order valence-corrected chi connectivity index (χ3v) is 3.69. The summed E-state index contributed by atoms with van der Waals surface area (Å²) in [5.41, 5.74) is 3.99. The third kappa shape index (κ3) is 4.31. The van der Waals surface area contributed by atoms with Gasteiger partial charge in [0, 0.05) is 30.2 Å². The highest BCUT2D eigenvalue weighted by atomic mass is 16.5. The Balaban J connectivity index is 2.24. The molecule has 2 rings (SSSR count). The first kappa shape index (κ1) is 19.3. The summed E-state index contributed by atoms with van der Waals surface area (Å²) in [7, 11) is 4.61. The van der Waals surface area contributed by atoms with E-state index in [-0.39, 0.29) is 24.5 Å². The number of hydrogen-bond acceptors (Lipinski definition) is 8. The van der Waals surface area contributed by atoms with Gasteiger partial charge in [-0.25, -0.2) is 10.4 Å². The van der Waals surface area contributed by atoms with Gasteiger partial charge in [0.25, 0.3) is 5.56 Å². The van der Waals surface area contributed by atoms with E-state index < -0.39 is 0 Å². The van der Waals surface area contributed by atoms with Gasteiger partial charge in [-0.2, -0.15) is 5.10 Å². The van der Waals surface area contributed by atoms with Crippen molar-refractivity contribution < 1.29 is 19.3 Å². The van der Waals surface area contributed by atoms with Crippen molar-refractivity contribution >= 4 is 12.2 Å². The number of hydrogen-bond donors (Lipinski definition) is 3. The van der Waals surface area contributed by atoms with Gasteiger partial charge in [-0.1, -0.05) is 0 Å². The first-order valence-electron chi connectivity index (χ1n) is 7.83. The molecule has 0 fully saturated rings. The van der Waals surface area contributed by atoms with Crippen LogP contribution in [0.4, 0.5) is 5.95 Å². The van der Waals surface area contributed by atoms with Gasteiger partial charge in [0.05, 0.1) is 33.2 Å².